The van der Waals surface area contributed by atoms with Crippen molar-refractivity contribution in [1.29, 1.82) is 0 Å². The number of allylic oxidation sites excluding steroid dienone is 2. The molecular weight excluding hydrogens is 340 g/mol. The van der Waals surface area contributed by atoms with Gasteiger partial charge in [0, 0.05) is 6.42 Å². The summed E-state index contributed by atoms with van der Waals surface area (Å²) in [5.74, 6) is 0.196. The van der Waals surface area contributed by atoms with Crippen LogP contribution >= 0.6 is 0 Å². The SMILES string of the molecule is CC1=C(CC[C@@H](C)O[C@@H]2O[C@H](CO)[C@@H](O)[C@H](O)[C@H]2O)C(C)(C)CCC1=O. The van der Waals surface area contributed by atoms with Crippen molar-refractivity contribution in [1.82, 2.24) is 0 Å². The minimum atomic E-state index is -1.45. The lowest BCUT2D eigenvalue weighted by Crippen LogP contribution is -2.59. The molecule has 0 unspecified atom stereocenters. The average molecular weight is 372 g/mol. The average Bonchev–Trinajstić information content (AvgIpc) is 2.58. The van der Waals surface area contributed by atoms with Crippen LogP contribution in [0.25, 0.3) is 0 Å². The minimum absolute atomic E-state index is 0.0269. The second-order valence-corrected chi connectivity index (χ2v) is 8.09. The van der Waals surface area contributed by atoms with Crippen LogP contribution in [-0.2, 0) is 14.3 Å². The maximum atomic E-state index is 12.0. The van der Waals surface area contributed by atoms with Crippen molar-refractivity contribution in [3.63, 3.8) is 0 Å². The Morgan fingerprint density at radius 3 is 2.50 bits per heavy atom. The second kappa shape index (κ2) is 8.46. The molecule has 0 aromatic heterocycles. The third-order valence-electron chi connectivity index (χ3n) is 5.68. The standard InChI is InChI=1S/C19H32O7/c1-10(5-6-12-11(2)13(21)7-8-19(12,3)4)25-18-17(24)16(23)15(22)14(9-20)26-18/h10,14-18,20,22-24H,5-9H2,1-4H3/t10-,14-,15-,16+,17-,18-/m1/s1. The van der Waals surface area contributed by atoms with Crippen molar-refractivity contribution in [2.75, 3.05) is 6.61 Å². The highest BCUT2D eigenvalue weighted by molar-refractivity contribution is 5.96. The Balaban J connectivity index is 1.97. The van der Waals surface area contributed by atoms with Gasteiger partial charge in [0.1, 0.15) is 24.4 Å². The normalized spacial score (nSPS) is 36.3. The third-order valence-corrected chi connectivity index (χ3v) is 5.68. The van der Waals surface area contributed by atoms with Gasteiger partial charge >= 0.3 is 0 Å². The van der Waals surface area contributed by atoms with Crippen LogP contribution in [0.2, 0.25) is 0 Å². The van der Waals surface area contributed by atoms with Crippen LogP contribution in [0.1, 0.15) is 53.4 Å². The van der Waals surface area contributed by atoms with Gasteiger partial charge in [0.25, 0.3) is 0 Å². The molecule has 0 spiro atoms. The Morgan fingerprint density at radius 1 is 1.23 bits per heavy atom. The number of carbonyl (C=O) groups excluding carboxylic acids is 1. The maximum Gasteiger partial charge on any atom is 0.186 e. The Kier molecular flexibility index (Phi) is 6.98. The van der Waals surface area contributed by atoms with Crippen LogP contribution in [0.4, 0.5) is 0 Å². The lowest BCUT2D eigenvalue weighted by Gasteiger charge is -2.40. The summed E-state index contributed by atoms with van der Waals surface area (Å²) < 4.78 is 11.1. The number of aliphatic hydroxyl groups is 4. The highest BCUT2D eigenvalue weighted by atomic mass is 16.7. The predicted molar refractivity (Wildman–Crippen MR) is 94.3 cm³/mol. The first-order valence-corrected chi connectivity index (χ1v) is 9.28. The zero-order valence-electron chi connectivity index (χ0n) is 16.0. The zero-order valence-corrected chi connectivity index (χ0v) is 16.0. The van der Waals surface area contributed by atoms with Crippen molar-refractivity contribution >= 4 is 5.78 Å². The number of aliphatic hydroxyl groups excluding tert-OH is 4. The van der Waals surface area contributed by atoms with Crippen LogP contribution in [0.5, 0.6) is 0 Å². The van der Waals surface area contributed by atoms with Gasteiger partial charge in [-0.2, -0.15) is 0 Å². The Hall–Kier alpha value is -0.830. The number of rotatable bonds is 6. The summed E-state index contributed by atoms with van der Waals surface area (Å²) in [6.45, 7) is 7.50. The second-order valence-electron chi connectivity index (χ2n) is 8.09. The molecule has 6 atom stereocenters. The van der Waals surface area contributed by atoms with Crippen molar-refractivity contribution in [3.8, 4) is 0 Å². The Bertz CT molecular complexity index is 540. The summed E-state index contributed by atoms with van der Waals surface area (Å²) in [7, 11) is 0. The Morgan fingerprint density at radius 2 is 1.88 bits per heavy atom. The van der Waals surface area contributed by atoms with Gasteiger partial charge in [0.2, 0.25) is 0 Å². The lowest BCUT2D eigenvalue weighted by molar-refractivity contribution is -0.310. The fourth-order valence-electron chi connectivity index (χ4n) is 3.79. The monoisotopic (exact) mass is 372 g/mol. The van der Waals surface area contributed by atoms with Gasteiger partial charge in [-0.1, -0.05) is 19.4 Å². The maximum absolute atomic E-state index is 12.0. The van der Waals surface area contributed by atoms with Gasteiger partial charge in [0.05, 0.1) is 12.7 Å². The smallest absolute Gasteiger partial charge is 0.186 e. The van der Waals surface area contributed by atoms with Crippen LogP contribution < -0.4 is 0 Å². The van der Waals surface area contributed by atoms with Crippen LogP contribution in [0.3, 0.4) is 0 Å². The first kappa shape index (κ1) is 21.5. The van der Waals surface area contributed by atoms with E-state index in [-0.39, 0.29) is 17.3 Å². The largest absolute Gasteiger partial charge is 0.394 e. The van der Waals surface area contributed by atoms with Crippen molar-refractivity contribution in [3.05, 3.63) is 11.1 Å². The number of ketones is 1. The van der Waals surface area contributed by atoms with Crippen molar-refractivity contribution in [2.24, 2.45) is 5.41 Å². The molecule has 0 amide bonds. The summed E-state index contributed by atoms with van der Waals surface area (Å²) in [6, 6.07) is 0. The molecule has 7 heteroatoms. The molecule has 1 fully saturated rings. The summed E-state index contributed by atoms with van der Waals surface area (Å²) in [5.41, 5.74) is 1.94. The molecular formula is C19H32O7. The highest BCUT2D eigenvalue weighted by Gasteiger charge is 2.44. The number of Topliss-reactive ketones (excluding diaryl/α,β-unsaturated/α-hetero) is 1. The molecule has 0 aromatic carbocycles. The molecule has 150 valence electrons. The van der Waals surface area contributed by atoms with E-state index < -0.39 is 37.3 Å². The molecule has 2 aliphatic rings. The molecule has 4 N–H and O–H groups in total. The van der Waals surface area contributed by atoms with E-state index in [2.05, 4.69) is 13.8 Å². The molecule has 1 aliphatic heterocycles. The molecule has 2 rings (SSSR count). The third kappa shape index (κ3) is 4.52. The molecule has 0 saturated carbocycles. The molecule has 26 heavy (non-hydrogen) atoms. The molecule has 1 heterocycles. The summed E-state index contributed by atoms with van der Waals surface area (Å²) in [6.07, 6.45) is -3.91. The topological polar surface area (TPSA) is 116 Å². The molecule has 1 saturated heterocycles. The van der Waals surface area contributed by atoms with Crippen LogP contribution in [0.15, 0.2) is 11.1 Å². The van der Waals surface area contributed by atoms with Crippen molar-refractivity contribution < 1.29 is 34.7 Å². The molecule has 0 radical (unpaired) electrons. The van der Waals surface area contributed by atoms with E-state index in [4.69, 9.17) is 9.47 Å². The molecule has 0 bridgehead atoms. The first-order valence-electron chi connectivity index (χ1n) is 9.28. The van der Waals surface area contributed by atoms with Gasteiger partial charge < -0.3 is 29.9 Å². The van der Waals surface area contributed by atoms with E-state index >= 15 is 0 Å². The summed E-state index contributed by atoms with van der Waals surface area (Å²) in [4.78, 5) is 12.0. The lowest BCUT2D eigenvalue weighted by atomic mass is 9.70. The summed E-state index contributed by atoms with van der Waals surface area (Å²) >= 11 is 0. The predicted octanol–water partition coefficient (Wildman–Crippen LogP) is 0.677. The van der Waals surface area contributed by atoms with Gasteiger partial charge in [-0.15, -0.1) is 0 Å². The quantitative estimate of drug-likeness (QED) is 0.542. The molecule has 0 aromatic rings. The minimum Gasteiger partial charge on any atom is -0.394 e. The fraction of sp³-hybridized carbons (Fsp3) is 0.842. The van der Waals surface area contributed by atoms with Crippen LogP contribution in [-0.4, -0.2) is 69.6 Å². The van der Waals surface area contributed by atoms with E-state index in [0.717, 1.165) is 17.6 Å². The van der Waals surface area contributed by atoms with Crippen LogP contribution in [0, 0.1) is 5.41 Å². The first-order chi connectivity index (χ1) is 12.1. The van der Waals surface area contributed by atoms with Gasteiger partial charge in [-0.25, -0.2) is 0 Å². The van der Waals surface area contributed by atoms with E-state index in [1.807, 2.05) is 13.8 Å². The number of hydrogen-bond acceptors (Lipinski definition) is 7. The fourth-order valence-corrected chi connectivity index (χ4v) is 3.79. The van der Waals surface area contributed by atoms with E-state index in [1.165, 1.54) is 0 Å². The highest BCUT2D eigenvalue weighted by Crippen LogP contribution is 2.41. The number of ether oxygens (including phenoxy) is 2. The molecule has 1 aliphatic carbocycles. The summed E-state index contributed by atoms with van der Waals surface area (Å²) in [5, 5.41) is 38.9. The number of carbonyl (C=O) groups is 1. The van der Waals surface area contributed by atoms with E-state index in [0.29, 0.717) is 19.3 Å². The van der Waals surface area contributed by atoms with E-state index in [9.17, 15) is 25.2 Å². The molecule has 7 nitrogen and oxygen atoms in total. The van der Waals surface area contributed by atoms with Crippen molar-refractivity contribution in [2.45, 2.75) is 90.2 Å². The Labute approximate surface area is 154 Å². The number of hydrogen-bond donors (Lipinski definition) is 4. The van der Waals surface area contributed by atoms with Gasteiger partial charge in [-0.3, -0.25) is 4.79 Å². The van der Waals surface area contributed by atoms with Gasteiger partial charge in [-0.05, 0) is 44.1 Å². The zero-order chi connectivity index (χ0) is 19.6. The van der Waals surface area contributed by atoms with E-state index in [1.54, 1.807) is 0 Å². The van der Waals surface area contributed by atoms with Gasteiger partial charge in [0.15, 0.2) is 12.1 Å².